The van der Waals surface area contributed by atoms with Crippen molar-refractivity contribution in [3.8, 4) is 0 Å². The van der Waals surface area contributed by atoms with Gasteiger partial charge in [-0.1, -0.05) is 23.8 Å². The highest BCUT2D eigenvalue weighted by atomic mass is 35.5. The Morgan fingerprint density at radius 3 is 2.54 bits per heavy atom. The second-order valence-corrected chi connectivity index (χ2v) is 8.38. The minimum atomic E-state index is -0.0198. The van der Waals surface area contributed by atoms with Gasteiger partial charge in [0, 0.05) is 30.5 Å². The molecular formula is C20H30ClN3O2. The van der Waals surface area contributed by atoms with Crippen molar-refractivity contribution in [2.75, 3.05) is 19.6 Å². The molecule has 0 spiro atoms. The largest absolute Gasteiger partial charge is 0.330 e. The number of likely N-dealkylation sites (tertiary alicyclic amines) is 1. The molecule has 1 atom stereocenters. The van der Waals surface area contributed by atoms with E-state index in [1.54, 1.807) is 0 Å². The SMILES string of the molecule is NCC1(C2C=CC=C(Cl)C2)CCC(NCCCN2C(=O)CCC2=O)CC1. The fourth-order valence-electron chi connectivity index (χ4n) is 4.60. The van der Waals surface area contributed by atoms with Crippen LogP contribution in [0.2, 0.25) is 0 Å². The van der Waals surface area contributed by atoms with E-state index in [2.05, 4.69) is 17.5 Å². The lowest BCUT2D eigenvalue weighted by Gasteiger charge is -2.45. The zero-order chi connectivity index (χ0) is 18.6. The normalized spacial score (nSPS) is 32.2. The van der Waals surface area contributed by atoms with Crippen LogP contribution in [0, 0.1) is 11.3 Å². The molecular weight excluding hydrogens is 350 g/mol. The molecule has 3 N–H and O–H groups in total. The molecule has 26 heavy (non-hydrogen) atoms. The third-order valence-corrected chi connectivity index (χ3v) is 6.64. The Morgan fingerprint density at radius 2 is 1.92 bits per heavy atom. The van der Waals surface area contributed by atoms with E-state index in [4.69, 9.17) is 17.3 Å². The Balaban J connectivity index is 1.40. The third-order valence-electron chi connectivity index (χ3n) is 6.36. The van der Waals surface area contributed by atoms with E-state index in [0.717, 1.165) is 50.1 Å². The molecule has 5 nitrogen and oxygen atoms in total. The smallest absolute Gasteiger partial charge is 0.229 e. The summed E-state index contributed by atoms with van der Waals surface area (Å²) in [6.07, 6.45) is 13.3. The number of nitrogens with one attached hydrogen (secondary N) is 1. The summed E-state index contributed by atoms with van der Waals surface area (Å²) in [5.74, 6) is 0.403. The van der Waals surface area contributed by atoms with Crippen LogP contribution >= 0.6 is 11.6 Å². The van der Waals surface area contributed by atoms with E-state index in [9.17, 15) is 9.59 Å². The summed E-state index contributed by atoms with van der Waals surface area (Å²) in [6.45, 7) is 2.09. The summed E-state index contributed by atoms with van der Waals surface area (Å²) in [4.78, 5) is 24.6. The van der Waals surface area contributed by atoms with Crippen molar-refractivity contribution in [2.24, 2.45) is 17.1 Å². The van der Waals surface area contributed by atoms with Crippen LogP contribution in [0.25, 0.3) is 0 Å². The van der Waals surface area contributed by atoms with Crippen LogP contribution in [-0.2, 0) is 9.59 Å². The molecule has 3 aliphatic rings. The van der Waals surface area contributed by atoms with Crippen molar-refractivity contribution in [3.63, 3.8) is 0 Å². The van der Waals surface area contributed by atoms with Crippen LogP contribution in [0.4, 0.5) is 0 Å². The summed E-state index contributed by atoms with van der Waals surface area (Å²) in [7, 11) is 0. The average molecular weight is 380 g/mol. The summed E-state index contributed by atoms with van der Waals surface area (Å²) in [6, 6.07) is 0.498. The summed E-state index contributed by atoms with van der Waals surface area (Å²) in [5.41, 5.74) is 6.36. The number of nitrogens with zero attached hydrogens (tertiary/aromatic N) is 1. The summed E-state index contributed by atoms with van der Waals surface area (Å²) >= 11 is 6.24. The molecule has 1 heterocycles. The van der Waals surface area contributed by atoms with Crippen LogP contribution < -0.4 is 11.1 Å². The van der Waals surface area contributed by atoms with E-state index < -0.39 is 0 Å². The molecule has 1 aliphatic heterocycles. The van der Waals surface area contributed by atoms with Gasteiger partial charge in [-0.2, -0.15) is 0 Å². The number of carbonyl (C=O) groups is 2. The first-order valence-corrected chi connectivity index (χ1v) is 10.2. The Morgan fingerprint density at radius 1 is 1.23 bits per heavy atom. The fraction of sp³-hybridized carbons (Fsp3) is 0.700. The molecule has 0 bridgehead atoms. The summed E-state index contributed by atoms with van der Waals surface area (Å²) in [5, 5.41) is 4.53. The summed E-state index contributed by atoms with van der Waals surface area (Å²) < 4.78 is 0. The number of hydrogen-bond acceptors (Lipinski definition) is 4. The van der Waals surface area contributed by atoms with E-state index in [1.807, 2.05) is 6.08 Å². The van der Waals surface area contributed by atoms with Crippen molar-refractivity contribution in [3.05, 3.63) is 23.3 Å². The minimum Gasteiger partial charge on any atom is -0.330 e. The fourth-order valence-corrected chi connectivity index (χ4v) is 4.84. The number of hydrogen-bond donors (Lipinski definition) is 2. The van der Waals surface area contributed by atoms with Crippen molar-refractivity contribution in [1.29, 1.82) is 0 Å². The van der Waals surface area contributed by atoms with Gasteiger partial charge in [-0.15, -0.1) is 0 Å². The molecule has 0 aromatic rings. The maximum Gasteiger partial charge on any atom is 0.229 e. The number of nitrogens with two attached hydrogens (primary N) is 1. The van der Waals surface area contributed by atoms with E-state index in [0.29, 0.717) is 37.9 Å². The Hall–Kier alpha value is -1.17. The molecule has 1 unspecified atom stereocenters. The van der Waals surface area contributed by atoms with Gasteiger partial charge in [-0.3, -0.25) is 14.5 Å². The van der Waals surface area contributed by atoms with Crippen molar-refractivity contribution >= 4 is 23.4 Å². The average Bonchev–Trinajstić information content (AvgIpc) is 2.97. The minimum absolute atomic E-state index is 0.0198. The van der Waals surface area contributed by atoms with Crippen LogP contribution in [0.15, 0.2) is 23.3 Å². The number of carbonyl (C=O) groups excluding carboxylic acids is 2. The van der Waals surface area contributed by atoms with E-state index in [-0.39, 0.29) is 17.2 Å². The number of halogens is 1. The maximum atomic E-state index is 11.6. The van der Waals surface area contributed by atoms with Gasteiger partial charge >= 0.3 is 0 Å². The molecule has 0 aromatic heterocycles. The first-order valence-electron chi connectivity index (χ1n) is 9.83. The quantitative estimate of drug-likeness (QED) is 0.526. The Kier molecular flexibility index (Phi) is 6.54. The highest BCUT2D eigenvalue weighted by Crippen LogP contribution is 2.46. The molecule has 6 heteroatoms. The monoisotopic (exact) mass is 379 g/mol. The third kappa shape index (κ3) is 4.38. The molecule has 0 radical (unpaired) electrons. The highest BCUT2D eigenvalue weighted by molar-refractivity contribution is 6.29. The van der Waals surface area contributed by atoms with Crippen LogP contribution in [0.3, 0.4) is 0 Å². The topological polar surface area (TPSA) is 75.4 Å². The van der Waals surface area contributed by atoms with Gasteiger partial charge in [0.1, 0.15) is 0 Å². The Bertz CT molecular complexity index is 578. The highest BCUT2D eigenvalue weighted by Gasteiger charge is 2.40. The second-order valence-electron chi connectivity index (χ2n) is 7.90. The first-order chi connectivity index (χ1) is 12.5. The van der Waals surface area contributed by atoms with E-state index in [1.165, 1.54) is 4.90 Å². The lowest BCUT2D eigenvalue weighted by Crippen LogP contribution is -2.45. The van der Waals surface area contributed by atoms with Gasteiger partial charge in [0.05, 0.1) is 0 Å². The number of imide groups is 1. The molecule has 144 valence electrons. The van der Waals surface area contributed by atoms with Gasteiger partial charge in [0.15, 0.2) is 0 Å². The zero-order valence-corrected chi connectivity index (χ0v) is 16.1. The zero-order valence-electron chi connectivity index (χ0n) is 15.4. The van der Waals surface area contributed by atoms with Crippen molar-refractivity contribution in [1.82, 2.24) is 10.2 Å². The predicted octanol–water partition coefficient (Wildman–Crippen LogP) is 2.70. The Labute approximate surface area is 161 Å². The number of amides is 2. The van der Waals surface area contributed by atoms with E-state index >= 15 is 0 Å². The molecule has 1 saturated heterocycles. The van der Waals surface area contributed by atoms with Crippen LogP contribution in [0.1, 0.15) is 51.4 Å². The maximum absolute atomic E-state index is 11.6. The molecule has 0 aromatic carbocycles. The van der Waals surface area contributed by atoms with Gasteiger partial charge in [-0.05, 0) is 69.0 Å². The second kappa shape index (κ2) is 8.68. The number of rotatable bonds is 7. The van der Waals surface area contributed by atoms with Crippen molar-refractivity contribution < 1.29 is 9.59 Å². The molecule has 2 aliphatic carbocycles. The van der Waals surface area contributed by atoms with Crippen molar-refractivity contribution in [2.45, 2.75) is 57.4 Å². The predicted molar refractivity (Wildman–Crippen MR) is 104 cm³/mol. The standard InChI is InChI=1S/C20H30ClN3O2/c21-16-4-1-3-15(13-16)20(14-22)9-7-17(8-10-20)23-11-2-12-24-18(25)5-6-19(24)26/h1,3-4,15,17,23H,2,5-14,22H2. The van der Waals surface area contributed by atoms with Gasteiger partial charge < -0.3 is 11.1 Å². The van der Waals surface area contributed by atoms with Gasteiger partial charge in [-0.25, -0.2) is 0 Å². The lowest BCUT2D eigenvalue weighted by atomic mass is 9.63. The first kappa shape index (κ1) is 19.6. The lowest BCUT2D eigenvalue weighted by molar-refractivity contribution is -0.138. The number of allylic oxidation sites excluding steroid dienone is 4. The molecule has 2 amide bonds. The molecule has 3 rings (SSSR count). The van der Waals surface area contributed by atoms with Crippen LogP contribution in [0.5, 0.6) is 0 Å². The molecule has 2 fully saturated rings. The van der Waals surface area contributed by atoms with Crippen LogP contribution in [-0.4, -0.2) is 42.4 Å². The van der Waals surface area contributed by atoms with Gasteiger partial charge in [0.2, 0.25) is 11.8 Å². The molecule has 1 saturated carbocycles. The van der Waals surface area contributed by atoms with Gasteiger partial charge in [0.25, 0.3) is 0 Å².